The van der Waals surface area contributed by atoms with Crippen molar-refractivity contribution in [2.24, 2.45) is 0 Å². The summed E-state index contributed by atoms with van der Waals surface area (Å²) in [5, 5.41) is 16.1. The van der Waals surface area contributed by atoms with Crippen LogP contribution >= 0.6 is 0 Å². The van der Waals surface area contributed by atoms with Crippen molar-refractivity contribution in [2.45, 2.75) is 46.7 Å². The van der Waals surface area contributed by atoms with Crippen molar-refractivity contribution in [1.29, 1.82) is 0 Å². The fraction of sp³-hybridized carbons (Fsp3) is 0.179. The molecule has 0 aliphatic carbocycles. The van der Waals surface area contributed by atoms with Crippen LogP contribution in [0.5, 0.6) is 0 Å². The molecule has 12 nitrogen and oxygen atoms in total. The molecular formula is C39H34F2N12. The molecule has 0 aromatic carbocycles. The highest BCUT2D eigenvalue weighted by Crippen LogP contribution is 2.32. The minimum absolute atomic E-state index is 0.138. The number of halogens is 2. The monoisotopic (exact) mass is 708 g/mol. The van der Waals surface area contributed by atoms with E-state index in [0.29, 0.717) is 50.7 Å². The van der Waals surface area contributed by atoms with Gasteiger partial charge in [0.25, 0.3) is 0 Å². The average molecular weight is 709 g/mol. The molecule has 2 N–H and O–H groups in total. The van der Waals surface area contributed by atoms with Crippen molar-refractivity contribution < 1.29 is 8.78 Å². The summed E-state index contributed by atoms with van der Waals surface area (Å²) in [6, 6.07) is 15.1. The van der Waals surface area contributed by atoms with Crippen molar-refractivity contribution in [3.8, 4) is 22.8 Å². The molecule has 0 bridgehead atoms. The van der Waals surface area contributed by atoms with Gasteiger partial charge in [-0.15, -0.1) is 0 Å². The number of rotatable bonds is 9. The number of nitrogens with one attached hydrogen (secondary N) is 2. The van der Waals surface area contributed by atoms with Crippen LogP contribution in [-0.4, -0.2) is 49.5 Å². The first-order chi connectivity index (χ1) is 25.6. The molecule has 0 aliphatic rings. The number of pyridine rings is 6. The zero-order valence-corrected chi connectivity index (χ0v) is 29.5. The van der Waals surface area contributed by atoms with E-state index in [1.54, 1.807) is 66.9 Å². The lowest BCUT2D eigenvalue weighted by atomic mass is 10.1. The molecule has 0 amide bonds. The van der Waals surface area contributed by atoms with E-state index < -0.39 is 11.6 Å². The molecule has 0 fully saturated rings. The van der Waals surface area contributed by atoms with Crippen LogP contribution in [0.1, 0.15) is 49.8 Å². The average Bonchev–Trinajstić information content (AvgIpc) is 3.80. The lowest BCUT2D eigenvalue weighted by Gasteiger charge is -2.17. The summed E-state index contributed by atoms with van der Waals surface area (Å²) in [4.78, 5) is 26.8. The van der Waals surface area contributed by atoms with Gasteiger partial charge in [0.15, 0.2) is 11.6 Å². The van der Waals surface area contributed by atoms with Gasteiger partial charge in [-0.25, -0.2) is 18.7 Å². The minimum atomic E-state index is -0.503. The van der Waals surface area contributed by atoms with Crippen molar-refractivity contribution >= 4 is 44.8 Å². The summed E-state index contributed by atoms with van der Waals surface area (Å²) in [5.41, 5.74) is 8.91. The third-order valence-electron chi connectivity index (χ3n) is 9.00. The van der Waals surface area contributed by atoms with E-state index in [1.165, 1.54) is 12.1 Å². The molecule has 0 saturated carbocycles. The molecule has 1 atom stereocenters. The van der Waals surface area contributed by atoms with Crippen LogP contribution in [0, 0.1) is 25.5 Å². The summed E-state index contributed by atoms with van der Waals surface area (Å²) >= 11 is 0. The number of anilines is 4. The van der Waals surface area contributed by atoms with Gasteiger partial charge in [-0.05, 0) is 89.2 Å². The summed E-state index contributed by atoms with van der Waals surface area (Å²) < 4.78 is 34.2. The fourth-order valence-electron chi connectivity index (χ4n) is 6.36. The Labute approximate surface area is 303 Å². The molecule has 264 valence electrons. The molecule has 0 radical (unpaired) electrons. The van der Waals surface area contributed by atoms with Gasteiger partial charge in [-0.3, -0.25) is 29.3 Å². The topological polar surface area (TPSA) is 137 Å². The van der Waals surface area contributed by atoms with E-state index in [-0.39, 0.29) is 23.5 Å². The maximum atomic E-state index is 15.9. The van der Waals surface area contributed by atoms with E-state index in [0.717, 1.165) is 22.4 Å². The first-order valence-corrected chi connectivity index (χ1v) is 17.1. The van der Waals surface area contributed by atoms with Crippen LogP contribution in [0.3, 0.4) is 0 Å². The molecule has 0 aliphatic heterocycles. The van der Waals surface area contributed by atoms with E-state index in [2.05, 4.69) is 54.5 Å². The lowest BCUT2D eigenvalue weighted by molar-refractivity contribution is 0.551. The largest absolute Gasteiger partial charge is 0.354 e. The van der Waals surface area contributed by atoms with Gasteiger partial charge in [-0.2, -0.15) is 10.2 Å². The van der Waals surface area contributed by atoms with Crippen LogP contribution in [0.2, 0.25) is 0 Å². The second kappa shape index (κ2) is 13.5. The molecule has 0 saturated heterocycles. The maximum Gasteiger partial charge on any atom is 0.151 e. The number of fused-ring (bicyclic) bond motifs is 2. The Kier molecular flexibility index (Phi) is 8.49. The highest BCUT2D eigenvalue weighted by Gasteiger charge is 2.21. The van der Waals surface area contributed by atoms with Gasteiger partial charge in [0.05, 0.1) is 41.2 Å². The SMILES string of the molecule is Cc1ccc(F)c(-c2cc(Nc3ccnc4cn(C(C)c5cc(F)c(-c6cc(Nc7ccnc8cnn(C(C)C)c78)ccn6)nc5C)nc34)ccn2)n1. The Balaban J connectivity index is 1.06. The van der Waals surface area contributed by atoms with Crippen molar-refractivity contribution in [3.63, 3.8) is 0 Å². The smallest absolute Gasteiger partial charge is 0.151 e. The first-order valence-electron chi connectivity index (χ1n) is 17.1. The molecule has 8 aromatic rings. The van der Waals surface area contributed by atoms with Crippen molar-refractivity contribution in [1.82, 2.24) is 49.5 Å². The van der Waals surface area contributed by atoms with E-state index in [4.69, 9.17) is 10.1 Å². The summed E-state index contributed by atoms with van der Waals surface area (Å²) in [5.74, 6) is -0.954. The third-order valence-corrected chi connectivity index (χ3v) is 9.00. The predicted octanol–water partition coefficient (Wildman–Crippen LogP) is 8.66. The molecule has 14 heteroatoms. The molecule has 1 unspecified atom stereocenters. The van der Waals surface area contributed by atoms with Gasteiger partial charge < -0.3 is 10.6 Å². The van der Waals surface area contributed by atoms with Gasteiger partial charge in [0, 0.05) is 59.2 Å². The maximum absolute atomic E-state index is 15.9. The molecular weight excluding hydrogens is 675 g/mol. The molecule has 8 aromatic heterocycles. The fourth-order valence-corrected chi connectivity index (χ4v) is 6.36. The number of hydrogen-bond donors (Lipinski definition) is 2. The predicted molar refractivity (Wildman–Crippen MR) is 200 cm³/mol. The Morgan fingerprint density at radius 1 is 0.679 bits per heavy atom. The van der Waals surface area contributed by atoms with Crippen LogP contribution in [-0.2, 0) is 0 Å². The number of aryl methyl sites for hydroxylation is 2. The van der Waals surface area contributed by atoms with Gasteiger partial charge in [0.2, 0.25) is 0 Å². The second-order valence-corrected chi connectivity index (χ2v) is 13.0. The zero-order valence-electron chi connectivity index (χ0n) is 29.5. The molecule has 0 spiro atoms. The Morgan fingerprint density at radius 2 is 1.32 bits per heavy atom. The van der Waals surface area contributed by atoms with E-state index >= 15 is 4.39 Å². The Hall–Kier alpha value is -6.70. The highest BCUT2D eigenvalue weighted by molar-refractivity contribution is 5.90. The number of nitrogens with zero attached hydrogens (tertiary/aromatic N) is 10. The van der Waals surface area contributed by atoms with Crippen LogP contribution in [0.15, 0.2) is 91.8 Å². The zero-order chi connectivity index (χ0) is 36.8. The van der Waals surface area contributed by atoms with Crippen LogP contribution in [0.25, 0.3) is 44.8 Å². The minimum Gasteiger partial charge on any atom is -0.354 e. The van der Waals surface area contributed by atoms with Crippen LogP contribution < -0.4 is 10.6 Å². The number of aromatic nitrogens is 10. The first kappa shape index (κ1) is 33.4. The molecule has 8 rings (SSSR count). The number of hydrogen-bond acceptors (Lipinski definition) is 10. The van der Waals surface area contributed by atoms with Crippen LogP contribution in [0.4, 0.5) is 31.5 Å². The van der Waals surface area contributed by atoms with Gasteiger partial charge >= 0.3 is 0 Å². The molecule has 53 heavy (non-hydrogen) atoms. The Bertz CT molecular complexity index is 2650. The highest BCUT2D eigenvalue weighted by atomic mass is 19.1. The third kappa shape index (κ3) is 6.39. The summed E-state index contributed by atoms with van der Waals surface area (Å²) in [7, 11) is 0. The molecule has 8 heterocycles. The summed E-state index contributed by atoms with van der Waals surface area (Å²) in [6.45, 7) is 9.70. The Morgan fingerprint density at radius 3 is 2.04 bits per heavy atom. The standard InChI is InChI=1S/C39H34F2N12/c1-21(2)53-39-31(11-15-44-34(39)19-46-53)50-26-9-13-43-33(17-26)37-29(41)18-27(23(4)48-37)24(5)52-20-35-38(51-52)30(10-14-45-35)49-25-8-12-42-32(16-25)36-28(40)7-6-22(3)47-36/h6-21,24H,1-5H3,(H,42,49)(H,43,44,50). The van der Waals surface area contributed by atoms with Crippen molar-refractivity contribution in [3.05, 3.63) is 120 Å². The lowest BCUT2D eigenvalue weighted by Crippen LogP contribution is -2.11. The van der Waals surface area contributed by atoms with Gasteiger partial charge in [0.1, 0.15) is 33.5 Å². The quantitative estimate of drug-likeness (QED) is 0.150. The van der Waals surface area contributed by atoms with Gasteiger partial charge in [-0.1, -0.05) is 0 Å². The van der Waals surface area contributed by atoms with Crippen molar-refractivity contribution in [2.75, 3.05) is 10.6 Å². The summed E-state index contributed by atoms with van der Waals surface area (Å²) in [6.07, 6.45) is 10.2. The second-order valence-electron chi connectivity index (χ2n) is 13.0. The normalized spacial score (nSPS) is 12.2. The van der Waals surface area contributed by atoms with E-state index in [1.807, 2.05) is 42.9 Å². The van der Waals surface area contributed by atoms with E-state index in [9.17, 15) is 4.39 Å².